The Morgan fingerprint density at radius 1 is 0.380 bits per heavy atom. The third kappa shape index (κ3) is 3.86. The van der Waals surface area contributed by atoms with Crippen LogP contribution in [0.2, 0.25) is 0 Å². The van der Waals surface area contributed by atoms with Gasteiger partial charge in [0.2, 0.25) is 5.95 Å². The van der Waals surface area contributed by atoms with Crippen molar-refractivity contribution in [1.29, 1.82) is 0 Å². The van der Waals surface area contributed by atoms with Crippen LogP contribution in [0.4, 0.5) is 0 Å². The molecule has 0 aliphatic rings. The predicted molar refractivity (Wildman–Crippen MR) is 205 cm³/mol. The van der Waals surface area contributed by atoms with Gasteiger partial charge < -0.3 is 4.42 Å². The lowest BCUT2D eigenvalue weighted by molar-refractivity contribution is 0.669. The summed E-state index contributed by atoms with van der Waals surface area (Å²) >= 11 is 0. The summed E-state index contributed by atoms with van der Waals surface area (Å²) in [4.78, 5) is 15.6. The van der Waals surface area contributed by atoms with Crippen molar-refractivity contribution in [1.82, 2.24) is 19.5 Å². The molecule has 0 aliphatic heterocycles. The van der Waals surface area contributed by atoms with Gasteiger partial charge in [-0.05, 0) is 51.2 Å². The van der Waals surface area contributed by atoms with E-state index in [4.69, 9.17) is 19.4 Å². The van der Waals surface area contributed by atoms with Crippen LogP contribution in [0.5, 0.6) is 0 Å². The predicted octanol–water partition coefficient (Wildman–Crippen LogP) is 11.7. The van der Waals surface area contributed by atoms with Gasteiger partial charge in [-0.3, -0.25) is 4.57 Å². The van der Waals surface area contributed by atoms with Crippen LogP contribution in [0.3, 0.4) is 0 Å². The zero-order valence-corrected chi connectivity index (χ0v) is 26.7. The molecule has 0 unspecified atom stereocenters. The molecule has 0 atom stereocenters. The molecule has 0 spiro atoms. The summed E-state index contributed by atoms with van der Waals surface area (Å²) in [5, 5.41) is 11.7. The average Bonchev–Trinajstić information content (AvgIpc) is 3.74. The van der Waals surface area contributed by atoms with E-state index in [-0.39, 0.29) is 0 Å². The Morgan fingerprint density at radius 2 is 1.04 bits per heavy atom. The van der Waals surface area contributed by atoms with E-state index in [2.05, 4.69) is 102 Å². The van der Waals surface area contributed by atoms with E-state index in [1.165, 1.54) is 37.7 Å². The highest BCUT2D eigenvalue weighted by molar-refractivity contribution is 6.32. The number of rotatable bonds is 3. The lowest BCUT2D eigenvalue weighted by Gasteiger charge is -2.12. The molecule has 0 saturated heterocycles. The smallest absolute Gasteiger partial charge is 0.238 e. The molecule has 3 heterocycles. The van der Waals surface area contributed by atoms with Gasteiger partial charge in [0, 0.05) is 38.1 Å². The van der Waals surface area contributed by atoms with Gasteiger partial charge in [0.25, 0.3) is 0 Å². The maximum absolute atomic E-state index is 6.28. The summed E-state index contributed by atoms with van der Waals surface area (Å²) in [6, 6.07) is 55.0. The third-order valence-electron chi connectivity index (χ3n) is 10.0. The largest absolute Gasteiger partial charge is 0.456 e. The fourth-order valence-corrected chi connectivity index (χ4v) is 7.85. The van der Waals surface area contributed by atoms with E-state index in [1.54, 1.807) is 0 Å². The van der Waals surface area contributed by atoms with Gasteiger partial charge in [-0.15, -0.1) is 0 Å². The van der Waals surface area contributed by atoms with Gasteiger partial charge in [0.1, 0.15) is 11.2 Å². The maximum Gasteiger partial charge on any atom is 0.238 e. The molecular weight excluding hydrogens is 613 g/mol. The Morgan fingerprint density at radius 3 is 1.92 bits per heavy atom. The number of hydrogen-bond acceptors (Lipinski definition) is 4. The Bertz CT molecular complexity index is 3150. The third-order valence-corrected chi connectivity index (χ3v) is 10.0. The van der Waals surface area contributed by atoms with E-state index < -0.39 is 0 Å². The number of aromatic nitrogens is 4. The molecule has 0 saturated carbocycles. The van der Waals surface area contributed by atoms with Crippen molar-refractivity contribution in [2.24, 2.45) is 0 Å². The lowest BCUT2D eigenvalue weighted by atomic mass is 9.94. The van der Waals surface area contributed by atoms with Crippen molar-refractivity contribution in [3.63, 3.8) is 0 Å². The molecule has 8 aromatic carbocycles. The van der Waals surface area contributed by atoms with Crippen molar-refractivity contribution in [2.45, 2.75) is 0 Å². The van der Waals surface area contributed by atoms with Crippen LogP contribution in [0.25, 0.3) is 105 Å². The summed E-state index contributed by atoms with van der Waals surface area (Å²) in [6.07, 6.45) is 0. The van der Waals surface area contributed by atoms with Gasteiger partial charge in [0.05, 0.1) is 11.0 Å². The van der Waals surface area contributed by atoms with Crippen LogP contribution in [-0.2, 0) is 0 Å². The molecule has 0 N–H and O–H groups in total. The Balaban J connectivity index is 1.28. The lowest BCUT2D eigenvalue weighted by Crippen LogP contribution is -2.06. The topological polar surface area (TPSA) is 56.7 Å². The fraction of sp³-hybridized carbons (Fsp3) is 0. The molecule has 11 aromatic rings. The average molecular weight is 639 g/mol. The number of hydrogen-bond donors (Lipinski definition) is 0. The van der Waals surface area contributed by atoms with E-state index in [1.807, 2.05) is 60.7 Å². The second-order valence-corrected chi connectivity index (χ2v) is 12.8. The molecule has 0 fully saturated rings. The summed E-state index contributed by atoms with van der Waals surface area (Å²) in [7, 11) is 0. The molecule has 0 aliphatic carbocycles. The van der Waals surface area contributed by atoms with Gasteiger partial charge in [-0.1, -0.05) is 133 Å². The standard InChI is InChI=1S/C45H26N4O/c1-2-12-30(13-3-1)43-46-44(34-17-10-20-38-41(34)33-16-7-9-19-37(33)50-38)48-45(47-43)49-35-18-8-6-15-32(35)42-36(49)26-25-29-24-23-28-22-21-27-11-4-5-14-31(27)39(28)40(29)42/h1-26H. The van der Waals surface area contributed by atoms with Crippen LogP contribution in [0.1, 0.15) is 0 Å². The maximum atomic E-state index is 6.28. The van der Waals surface area contributed by atoms with Crippen molar-refractivity contribution >= 4 is 76.1 Å². The zero-order chi connectivity index (χ0) is 32.8. The summed E-state index contributed by atoms with van der Waals surface area (Å²) in [5.41, 5.74) is 5.54. The minimum Gasteiger partial charge on any atom is -0.456 e. The van der Waals surface area contributed by atoms with Crippen molar-refractivity contribution in [3.05, 3.63) is 158 Å². The molecule has 0 radical (unpaired) electrons. The monoisotopic (exact) mass is 638 g/mol. The van der Waals surface area contributed by atoms with Crippen LogP contribution in [-0.4, -0.2) is 19.5 Å². The number of furan rings is 1. The molecule has 5 heteroatoms. The minimum atomic E-state index is 0.564. The highest BCUT2D eigenvalue weighted by Crippen LogP contribution is 2.42. The molecule has 5 nitrogen and oxygen atoms in total. The van der Waals surface area contributed by atoms with Crippen LogP contribution >= 0.6 is 0 Å². The number of para-hydroxylation sites is 2. The first-order valence-electron chi connectivity index (χ1n) is 16.8. The molecule has 3 aromatic heterocycles. The highest BCUT2D eigenvalue weighted by atomic mass is 16.3. The SMILES string of the molecule is c1ccc(-c2nc(-c3cccc4oc5ccccc5c34)nc(-n3c4ccccc4c4c5c(ccc6ccc7ccccc7c65)ccc43)n2)cc1. The van der Waals surface area contributed by atoms with Crippen LogP contribution in [0.15, 0.2) is 162 Å². The summed E-state index contributed by atoms with van der Waals surface area (Å²) < 4.78 is 8.49. The van der Waals surface area contributed by atoms with Crippen LogP contribution in [0, 0.1) is 0 Å². The second kappa shape index (κ2) is 10.3. The Labute approximate surface area is 285 Å². The van der Waals surface area contributed by atoms with E-state index in [0.29, 0.717) is 17.6 Å². The highest BCUT2D eigenvalue weighted by Gasteiger charge is 2.22. The molecule has 50 heavy (non-hydrogen) atoms. The van der Waals surface area contributed by atoms with Gasteiger partial charge in [0.15, 0.2) is 11.6 Å². The Hall–Kier alpha value is -6.85. The van der Waals surface area contributed by atoms with E-state index >= 15 is 0 Å². The quantitative estimate of drug-likeness (QED) is 0.181. The van der Waals surface area contributed by atoms with Crippen molar-refractivity contribution in [3.8, 4) is 28.7 Å². The number of fused-ring (bicyclic) bond motifs is 12. The van der Waals surface area contributed by atoms with Gasteiger partial charge in [-0.2, -0.15) is 9.97 Å². The second-order valence-electron chi connectivity index (χ2n) is 12.8. The number of benzene rings is 8. The Kier molecular flexibility index (Phi) is 5.60. The number of nitrogens with zero attached hydrogens (tertiary/aromatic N) is 4. The summed E-state index contributed by atoms with van der Waals surface area (Å²) in [6.45, 7) is 0. The first-order chi connectivity index (χ1) is 24.8. The zero-order valence-electron chi connectivity index (χ0n) is 26.7. The van der Waals surface area contributed by atoms with Crippen molar-refractivity contribution in [2.75, 3.05) is 0 Å². The molecule has 11 rings (SSSR count). The van der Waals surface area contributed by atoms with Gasteiger partial charge in [-0.25, -0.2) is 4.98 Å². The first kappa shape index (κ1) is 27.1. The fourth-order valence-electron chi connectivity index (χ4n) is 7.85. The van der Waals surface area contributed by atoms with Crippen molar-refractivity contribution < 1.29 is 4.42 Å². The molecule has 0 bridgehead atoms. The molecule has 232 valence electrons. The normalized spacial score (nSPS) is 12.0. The molecular formula is C45H26N4O. The van der Waals surface area contributed by atoms with E-state index in [9.17, 15) is 0 Å². The first-order valence-corrected chi connectivity index (χ1v) is 16.8. The van der Waals surface area contributed by atoms with Crippen LogP contribution < -0.4 is 0 Å². The summed E-state index contributed by atoms with van der Waals surface area (Å²) in [5.74, 6) is 1.77. The minimum absolute atomic E-state index is 0.564. The van der Waals surface area contributed by atoms with E-state index in [0.717, 1.165) is 49.5 Å². The molecule has 0 amide bonds. The van der Waals surface area contributed by atoms with Gasteiger partial charge >= 0.3 is 0 Å².